The van der Waals surface area contributed by atoms with Crippen LogP contribution in [0.1, 0.15) is 341 Å². The lowest BCUT2D eigenvalue weighted by molar-refractivity contribution is -0.379. The molecule has 0 spiro atoms. The molecule has 3 fully saturated rings. The van der Waals surface area contributed by atoms with Crippen LogP contribution >= 0.6 is 0 Å². The Morgan fingerprint density at radius 1 is 0.343 bits per heavy atom. The highest BCUT2D eigenvalue weighted by Gasteiger charge is 2.54. The maximum atomic E-state index is 13.5. The Morgan fingerprint density at radius 3 is 1.00 bits per heavy atom. The van der Waals surface area contributed by atoms with Crippen molar-refractivity contribution in [2.45, 2.75) is 446 Å². The summed E-state index contributed by atoms with van der Waals surface area (Å²) in [6.45, 7) is 1.73. The second-order valence-corrected chi connectivity index (χ2v) is 31.0. The molecule has 628 valence electrons. The van der Waals surface area contributed by atoms with Crippen molar-refractivity contribution in [3.05, 3.63) is 85.1 Å². The third-order valence-electron chi connectivity index (χ3n) is 21.5. The SMILES string of the molecule is CC/C=C\C/C=C\C/C=C\C/C=C\C/C=C\C/C=C\C/C=C\CCCCCCCCCCCCCCCCCCCC(=O)NC(COC1OC(CO)C(OC2OC(CO)C(OC3OC(CO)C(O)C(O)C3O)C(O)C2O)C(O)C1O)C(O)CCCCCCCCCCCCCCCCCCCCCCCCCC. The van der Waals surface area contributed by atoms with E-state index in [9.17, 15) is 61.0 Å². The molecule has 0 aliphatic carbocycles. The van der Waals surface area contributed by atoms with Crippen LogP contribution in [0.15, 0.2) is 85.1 Å². The number of hydrogen-bond acceptors (Lipinski definition) is 18. The number of amides is 1. The summed E-state index contributed by atoms with van der Waals surface area (Å²) in [5.74, 6) is -0.239. The molecular formula is C89H159NO18. The Morgan fingerprint density at radius 2 is 0.639 bits per heavy atom. The summed E-state index contributed by atoms with van der Waals surface area (Å²) < 4.78 is 34.6. The number of carbonyl (C=O) groups is 1. The van der Waals surface area contributed by atoms with Crippen LogP contribution in [-0.2, 0) is 33.2 Å². The van der Waals surface area contributed by atoms with Crippen LogP contribution in [0.4, 0.5) is 0 Å². The number of hydrogen-bond donors (Lipinski definition) is 12. The Bertz CT molecular complexity index is 2280. The summed E-state index contributed by atoms with van der Waals surface area (Å²) in [7, 11) is 0. The van der Waals surface area contributed by atoms with Crippen molar-refractivity contribution in [3.8, 4) is 0 Å². The molecule has 3 aliphatic rings. The third-order valence-corrected chi connectivity index (χ3v) is 21.5. The molecule has 17 atom stereocenters. The summed E-state index contributed by atoms with van der Waals surface area (Å²) in [6.07, 6.45) is 65.3. The molecule has 108 heavy (non-hydrogen) atoms. The zero-order valence-corrected chi connectivity index (χ0v) is 67.6. The molecule has 3 saturated heterocycles. The van der Waals surface area contributed by atoms with Gasteiger partial charge in [-0.25, -0.2) is 0 Å². The van der Waals surface area contributed by atoms with Crippen LogP contribution in [0.2, 0.25) is 0 Å². The Hall–Kier alpha value is -3.03. The highest BCUT2D eigenvalue weighted by molar-refractivity contribution is 5.76. The van der Waals surface area contributed by atoms with Gasteiger partial charge >= 0.3 is 0 Å². The van der Waals surface area contributed by atoms with E-state index in [4.69, 9.17) is 28.4 Å². The van der Waals surface area contributed by atoms with Gasteiger partial charge in [0.25, 0.3) is 0 Å². The highest BCUT2D eigenvalue weighted by atomic mass is 16.8. The molecule has 0 aromatic heterocycles. The van der Waals surface area contributed by atoms with E-state index in [0.29, 0.717) is 12.8 Å². The van der Waals surface area contributed by atoms with Crippen molar-refractivity contribution in [2.75, 3.05) is 26.4 Å². The van der Waals surface area contributed by atoms with Crippen molar-refractivity contribution in [1.82, 2.24) is 5.32 Å². The number of ether oxygens (including phenoxy) is 6. The molecule has 17 unspecified atom stereocenters. The molecule has 3 rings (SSSR count). The first-order valence-electron chi connectivity index (χ1n) is 43.8. The molecule has 19 nitrogen and oxygen atoms in total. The number of carbonyl (C=O) groups excluding carboxylic acids is 1. The summed E-state index contributed by atoms with van der Waals surface area (Å²) in [5.41, 5.74) is 0. The molecule has 19 heteroatoms. The second-order valence-electron chi connectivity index (χ2n) is 31.0. The van der Waals surface area contributed by atoms with E-state index in [2.05, 4.69) is 104 Å². The van der Waals surface area contributed by atoms with Crippen LogP contribution < -0.4 is 5.32 Å². The number of rotatable bonds is 70. The molecule has 1 amide bonds. The molecular weight excluding hydrogens is 1370 g/mol. The van der Waals surface area contributed by atoms with Gasteiger partial charge in [-0.05, 0) is 70.6 Å². The predicted octanol–water partition coefficient (Wildman–Crippen LogP) is 16.1. The van der Waals surface area contributed by atoms with Gasteiger partial charge in [0.05, 0.1) is 38.6 Å². The summed E-state index contributed by atoms with van der Waals surface area (Å²) >= 11 is 0. The summed E-state index contributed by atoms with van der Waals surface area (Å²) in [5, 5.41) is 121. The van der Waals surface area contributed by atoms with Gasteiger partial charge in [0.1, 0.15) is 73.2 Å². The lowest BCUT2D eigenvalue weighted by Crippen LogP contribution is -2.66. The van der Waals surface area contributed by atoms with Gasteiger partial charge in [0.15, 0.2) is 18.9 Å². The van der Waals surface area contributed by atoms with E-state index in [1.807, 2.05) is 0 Å². The Kier molecular flexibility index (Phi) is 62.8. The predicted molar refractivity (Wildman–Crippen MR) is 434 cm³/mol. The molecule has 0 aromatic rings. The third kappa shape index (κ3) is 47.0. The minimum Gasteiger partial charge on any atom is -0.394 e. The molecule has 0 radical (unpaired) electrons. The maximum Gasteiger partial charge on any atom is 0.220 e. The van der Waals surface area contributed by atoms with Crippen molar-refractivity contribution in [1.29, 1.82) is 0 Å². The lowest BCUT2D eigenvalue weighted by Gasteiger charge is -2.48. The number of allylic oxidation sites excluding steroid dienone is 14. The maximum absolute atomic E-state index is 13.5. The van der Waals surface area contributed by atoms with Crippen LogP contribution in [0, 0.1) is 0 Å². The van der Waals surface area contributed by atoms with Gasteiger partial charge in [-0.2, -0.15) is 0 Å². The fourth-order valence-electron chi connectivity index (χ4n) is 14.5. The van der Waals surface area contributed by atoms with E-state index in [1.165, 1.54) is 218 Å². The quantitative estimate of drug-likeness (QED) is 0.0199. The number of aliphatic hydroxyl groups is 11. The van der Waals surface area contributed by atoms with Crippen LogP contribution in [0.25, 0.3) is 0 Å². The standard InChI is InChI=1S/C89H159NO18/c1-3-5-7-9-11-13-15-17-19-21-23-25-27-29-30-31-32-33-34-35-36-37-38-39-40-41-42-43-45-47-49-51-53-55-57-59-61-63-65-67-77(95)90-72(73(94)66-64-62-60-58-56-54-52-50-48-46-44-28-26-24-22-20-18-16-14-12-10-8-6-4-2)71-103-87-83(101)80(98)85(75(69-92)105-87)108-89-84(102)81(99)86(76(70-93)106-89)107-88-82(100)79(97)78(96)74(68-91)104-88/h5,7,11,13,17,19,23,25,29-30,32-33,35-36,72-76,78-89,91-94,96-102H,3-4,6,8-10,12,14-16,18,20-22,24,26-28,31,34,37-71H2,1-2H3,(H,90,95)/b7-5-,13-11-,19-17-,25-23-,30-29-,33-32-,36-35-. The largest absolute Gasteiger partial charge is 0.394 e. The first-order chi connectivity index (χ1) is 52.8. The summed E-state index contributed by atoms with van der Waals surface area (Å²) in [4.78, 5) is 13.5. The highest BCUT2D eigenvalue weighted by Crippen LogP contribution is 2.33. The Labute approximate surface area is 654 Å². The smallest absolute Gasteiger partial charge is 0.220 e. The number of aliphatic hydroxyl groups excluding tert-OH is 11. The molecule has 0 aromatic carbocycles. The van der Waals surface area contributed by atoms with Gasteiger partial charge in [0.2, 0.25) is 5.91 Å². The molecule has 3 heterocycles. The van der Waals surface area contributed by atoms with Gasteiger partial charge in [-0.15, -0.1) is 0 Å². The minimum absolute atomic E-state index is 0.239. The van der Waals surface area contributed by atoms with Gasteiger partial charge in [-0.3, -0.25) is 4.79 Å². The van der Waals surface area contributed by atoms with Gasteiger partial charge in [-0.1, -0.05) is 349 Å². The van der Waals surface area contributed by atoms with Crippen LogP contribution in [0.3, 0.4) is 0 Å². The van der Waals surface area contributed by atoms with Gasteiger partial charge < -0.3 is 89.9 Å². The first-order valence-corrected chi connectivity index (χ1v) is 43.8. The summed E-state index contributed by atoms with van der Waals surface area (Å²) in [6, 6.07) is -0.892. The van der Waals surface area contributed by atoms with Crippen molar-refractivity contribution in [2.24, 2.45) is 0 Å². The normalized spacial score (nSPS) is 25.8. The molecule has 12 N–H and O–H groups in total. The lowest BCUT2D eigenvalue weighted by atomic mass is 9.96. The molecule has 0 bridgehead atoms. The van der Waals surface area contributed by atoms with E-state index in [-0.39, 0.29) is 18.9 Å². The fourth-order valence-corrected chi connectivity index (χ4v) is 14.5. The fraction of sp³-hybridized carbons (Fsp3) is 0.831. The Balaban J connectivity index is 1.31. The number of nitrogens with one attached hydrogen (secondary N) is 1. The monoisotopic (exact) mass is 1530 g/mol. The zero-order valence-electron chi connectivity index (χ0n) is 67.6. The van der Waals surface area contributed by atoms with Gasteiger partial charge in [0, 0.05) is 6.42 Å². The average molecular weight is 1530 g/mol. The van der Waals surface area contributed by atoms with E-state index >= 15 is 0 Å². The second kappa shape index (κ2) is 68.4. The van der Waals surface area contributed by atoms with E-state index in [0.717, 1.165) is 89.9 Å². The van der Waals surface area contributed by atoms with Crippen molar-refractivity contribution in [3.63, 3.8) is 0 Å². The van der Waals surface area contributed by atoms with Crippen molar-refractivity contribution >= 4 is 5.91 Å². The average Bonchev–Trinajstić information content (AvgIpc) is 0.775. The van der Waals surface area contributed by atoms with E-state index in [1.54, 1.807) is 0 Å². The van der Waals surface area contributed by atoms with Crippen LogP contribution in [-0.4, -0.2) is 193 Å². The molecule has 3 aliphatic heterocycles. The van der Waals surface area contributed by atoms with Crippen molar-refractivity contribution < 1.29 is 89.4 Å². The molecule has 0 saturated carbocycles. The van der Waals surface area contributed by atoms with E-state index < -0.39 is 124 Å². The zero-order chi connectivity index (χ0) is 78.1. The van der Waals surface area contributed by atoms with Crippen LogP contribution in [0.5, 0.6) is 0 Å². The number of unbranched alkanes of at least 4 members (excludes halogenated alkanes) is 40. The minimum atomic E-state index is -1.98. The topological polar surface area (TPSA) is 307 Å². The first kappa shape index (κ1) is 99.2.